The number of pyridine rings is 1. The summed E-state index contributed by atoms with van der Waals surface area (Å²) in [7, 11) is 0. The molecule has 30 heavy (non-hydrogen) atoms. The summed E-state index contributed by atoms with van der Waals surface area (Å²) in [6.45, 7) is 4.43. The Kier molecular flexibility index (Phi) is 6.58. The van der Waals surface area contributed by atoms with Crippen LogP contribution in [0.4, 0.5) is 11.5 Å². The van der Waals surface area contributed by atoms with Gasteiger partial charge in [-0.3, -0.25) is 10.1 Å². The van der Waals surface area contributed by atoms with Crippen LogP contribution in [0.25, 0.3) is 0 Å². The molecule has 0 aliphatic carbocycles. The minimum atomic E-state index is -0.522. The first-order valence-corrected chi connectivity index (χ1v) is 9.10. The summed E-state index contributed by atoms with van der Waals surface area (Å²) in [5.74, 6) is 1.31. The number of rotatable bonds is 9. The number of nitrogens with one attached hydrogen (secondary N) is 1. The van der Waals surface area contributed by atoms with E-state index in [1.807, 2.05) is 13.8 Å². The lowest BCUT2D eigenvalue weighted by Crippen LogP contribution is -2.14. The van der Waals surface area contributed by atoms with Crippen LogP contribution in [0.15, 0.2) is 47.1 Å². The van der Waals surface area contributed by atoms with Gasteiger partial charge in [0.2, 0.25) is 0 Å². The second kappa shape index (κ2) is 9.50. The van der Waals surface area contributed by atoms with Crippen LogP contribution in [0.1, 0.15) is 27.4 Å². The zero-order valence-electron chi connectivity index (χ0n) is 16.5. The molecule has 3 rings (SSSR count). The van der Waals surface area contributed by atoms with Gasteiger partial charge in [0.15, 0.2) is 0 Å². The highest BCUT2D eigenvalue weighted by Gasteiger charge is 2.11. The highest BCUT2D eigenvalue weighted by atomic mass is 16.6. The van der Waals surface area contributed by atoms with Gasteiger partial charge in [-0.05, 0) is 44.2 Å². The SMILES string of the molecule is Cc1noc(C)c1COc1ccc(C(=O)OCCNc2ccc([N+](=O)[O-])cn2)cc1. The molecule has 2 aromatic heterocycles. The largest absolute Gasteiger partial charge is 0.489 e. The lowest BCUT2D eigenvalue weighted by Gasteiger charge is -2.08. The summed E-state index contributed by atoms with van der Waals surface area (Å²) in [6, 6.07) is 9.45. The molecule has 156 valence electrons. The third kappa shape index (κ3) is 5.31. The summed E-state index contributed by atoms with van der Waals surface area (Å²) in [4.78, 5) is 26.1. The van der Waals surface area contributed by atoms with Gasteiger partial charge in [-0.2, -0.15) is 0 Å². The molecule has 3 aromatic rings. The molecule has 10 heteroatoms. The predicted molar refractivity (Wildman–Crippen MR) is 106 cm³/mol. The average molecular weight is 412 g/mol. The van der Waals surface area contributed by atoms with Crippen molar-refractivity contribution in [2.24, 2.45) is 0 Å². The summed E-state index contributed by atoms with van der Waals surface area (Å²) in [6.07, 6.45) is 1.16. The van der Waals surface area contributed by atoms with Crippen molar-refractivity contribution in [3.8, 4) is 5.75 Å². The van der Waals surface area contributed by atoms with Crippen LogP contribution in [-0.2, 0) is 11.3 Å². The van der Waals surface area contributed by atoms with Crippen molar-refractivity contribution in [2.75, 3.05) is 18.5 Å². The van der Waals surface area contributed by atoms with Gasteiger partial charge in [-0.15, -0.1) is 0 Å². The monoisotopic (exact) mass is 412 g/mol. The number of ether oxygens (including phenoxy) is 2. The fraction of sp³-hybridized carbons (Fsp3) is 0.250. The summed E-state index contributed by atoms with van der Waals surface area (Å²) in [5, 5.41) is 17.4. The van der Waals surface area contributed by atoms with Gasteiger partial charge in [-0.1, -0.05) is 5.16 Å². The van der Waals surface area contributed by atoms with E-state index in [0.717, 1.165) is 17.5 Å². The van der Waals surface area contributed by atoms with Crippen molar-refractivity contribution in [1.82, 2.24) is 10.1 Å². The second-order valence-electron chi connectivity index (χ2n) is 6.34. The van der Waals surface area contributed by atoms with E-state index in [1.54, 1.807) is 24.3 Å². The van der Waals surface area contributed by atoms with E-state index in [2.05, 4.69) is 15.5 Å². The Morgan fingerprint density at radius 2 is 1.97 bits per heavy atom. The van der Waals surface area contributed by atoms with Crippen LogP contribution in [-0.4, -0.2) is 34.2 Å². The van der Waals surface area contributed by atoms with Gasteiger partial charge in [-0.25, -0.2) is 9.78 Å². The second-order valence-corrected chi connectivity index (χ2v) is 6.34. The van der Waals surface area contributed by atoms with Crippen LogP contribution in [0.3, 0.4) is 0 Å². The van der Waals surface area contributed by atoms with E-state index < -0.39 is 10.9 Å². The van der Waals surface area contributed by atoms with Crippen molar-refractivity contribution < 1.29 is 23.7 Å². The normalized spacial score (nSPS) is 10.5. The van der Waals surface area contributed by atoms with E-state index in [9.17, 15) is 14.9 Å². The first-order valence-electron chi connectivity index (χ1n) is 9.10. The van der Waals surface area contributed by atoms with Crippen LogP contribution in [0, 0.1) is 24.0 Å². The Labute approximate surface area is 172 Å². The Morgan fingerprint density at radius 3 is 2.57 bits per heavy atom. The number of hydrogen-bond donors (Lipinski definition) is 1. The topological polar surface area (TPSA) is 130 Å². The van der Waals surface area contributed by atoms with Gasteiger partial charge >= 0.3 is 5.97 Å². The van der Waals surface area contributed by atoms with E-state index in [0.29, 0.717) is 36.0 Å². The van der Waals surface area contributed by atoms with Gasteiger partial charge in [0.25, 0.3) is 5.69 Å². The lowest BCUT2D eigenvalue weighted by atomic mass is 10.2. The molecular weight excluding hydrogens is 392 g/mol. The number of hydrogen-bond acceptors (Lipinski definition) is 9. The number of nitrogens with zero attached hydrogens (tertiary/aromatic N) is 3. The van der Waals surface area contributed by atoms with Crippen LogP contribution >= 0.6 is 0 Å². The number of carbonyl (C=O) groups excluding carboxylic acids is 1. The fourth-order valence-electron chi connectivity index (χ4n) is 2.56. The van der Waals surface area contributed by atoms with E-state index >= 15 is 0 Å². The van der Waals surface area contributed by atoms with Crippen molar-refractivity contribution in [2.45, 2.75) is 20.5 Å². The van der Waals surface area contributed by atoms with E-state index in [1.165, 1.54) is 12.1 Å². The molecule has 0 amide bonds. The summed E-state index contributed by atoms with van der Waals surface area (Å²) >= 11 is 0. The highest BCUT2D eigenvalue weighted by Crippen LogP contribution is 2.18. The van der Waals surface area contributed by atoms with Crippen molar-refractivity contribution in [3.63, 3.8) is 0 Å². The summed E-state index contributed by atoms with van der Waals surface area (Å²) < 4.78 is 16.0. The molecule has 0 radical (unpaired) electrons. The smallest absolute Gasteiger partial charge is 0.338 e. The Balaban J connectivity index is 1.42. The molecule has 1 aromatic carbocycles. The quantitative estimate of drug-likeness (QED) is 0.243. The highest BCUT2D eigenvalue weighted by molar-refractivity contribution is 5.89. The maximum Gasteiger partial charge on any atom is 0.338 e. The molecular formula is C20H20N4O6. The van der Waals surface area contributed by atoms with Crippen LogP contribution in [0.2, 0.25) is 0 Å². The standard InChI is InChI=1S/C20H20N4O6/c1-13-18(14(2)30-23-13)12-29-17-6-3-15(4-7-17)20(25)28-10-9-21-19-8-5-16(11-22-19)24(26)27/h3-8,11H,9-10,12H2,1-2H3,(H,21,22). The molecule has 0 saturated heterocycles. The average Bonchev–Trinajstić information content (AvgIpc) is 3.07. The zero-order chi connectivity index (χ0) is 21.5. The molecule has 2 heterocycles. The molecule has 0 spiro atoms. The number of benzene rings is 1. The Morgan fingerprint density at radius 1 is 1.20 bits per heavy atom. The van der Waals surface area contributed by atoms with Gasteiger partial charge < -0.3 is 19.3 Å². The first kappa shape index (κ1) is 20.8. The van der Waals surface area contributed by atoms with Gasteiger partial charge in [0, 0.05) is 6.07 Å². The Hall–Kier alpha value is -3.95. The Bertz CT molecular complexity index is 995. The maximum absolute atomic E-state index is 12.1. The molecule has 0 aliphatic rings. The van der Waals surface area contributed by atoms with Gasteiger partial charge in [0.1, 0.15) is 36.7 Å². The molecule has 1 N–H and O–H groups in total. The number of esters is 1. The third-order valence-electron chi connectivity index (χ3n) is 4.25. The fourth-order valence-corrected chi connectivity index (χ4v) is 2.56. The van der Waals surface area contributed by atoms with Crippen molar-refractivity contribution in [1.29, 1.82) is 0 Å². The zero-order valence-corrected chi connectivity index (χ0v) is 16.5. The number of nitro groups is 1. The minimum Gasteiger partial charge on any atom is -0.489 e. The molecule has 0 aliphatic heterocycles. The summed E-state index contributed by atoms with van der Waals surface area (Å²) in [5.41, 5.74) is 1.98. The minimum absolute atomic E-state index is 0.0916. The van der Waals surface area contributed by atoms with E-state index in [-0.39, 0.29) is 12.3 Å². The lowest BCUT2D eigenvalue weighted by molar-refractivity contribution is -0.385. The number of aromatic nitrogens is 2. The predicted octanol–water partition coefficient (Wildman–Crippen LogP) is 3.44. The van der Waals surface area contributed by atoms with E-state index in [4.69, 9.17) is 14.0 Å². The number of anilines is 1. The first-order chi connectivity index (χ1) is 14.4. The molecule has 0 saturated carbocycles. The third-order valence-corrected chi connectivity index (χ3v) is 4.25. The van der Waals surface area contributed by atoms with Crippen molar-refractivity contribution in [3.05, 3.63) is 75.3 Å². The number of aryl methyl sites for hydroxylation is 2. The van der Waals surface area contributed by atoms with Crippen LogP contribution in [0.5, 0.6) is 5.75 Å². The molecule has 0 atom stereocenters. The molecule has 0 bridgehead atoms. The number of carbonyl (C=O) groups is 1. The molecule has 0 unspecified atom stereocenters. The maximum atomic E-state index is 12.1. The van der Waals surface area contributed by atoms with Crippen LogP contribution < -0.4 is 10.1 Å². The molecule has 10 nitrogen and oxygen atoms in total. The van der Waals surface area contributed by atoms with Crippen molar-refractivity contribution >= 4 is 17.5 Å². The molecule has 0 fully saturated rings. The van der Waals surface area contributed by atoms with Gasteiger partial charge in [0.05, 0.1) is 28.3 Å².